The van der Waals surface area contributed by atoms with Crippen molar-refractivity contribution >= 4 is 0 Å². The molecule has 0 rings (SSSR count). The van der Waals surface area contributed by atoms with Gasteiger partial charge < -0.3 is 5.11 Å². The van der Waals surface area contributed by atoms with E-state index in [1.807, 2.05) is 0 Å². The van der Waals surface area contributed by atoms with Crippen molar-refractivity contribution in [3.05, 3.63) is 0 Å². The highest BCUT2D eigenvalue weighted by molar-refractivity contribution is 4.58. The Balaban J connectivity index is 3.19. The molecule has 0 aliphatic heterocycles. The zero-order chi connectivity index (χ0) is 13.1. The average Bonchev–Trinajstić information content (AvgIpc) is 2.22. The lowest BCUT2D eigenvalue weighted by atomic mass is 10.00. The predicted molar refractivity (Wildman–Crippen MR) is 77.2 cm³/mol. The largest absolute Gasteiger partial charge is 0.393 e. The van der Waals surface area contributed by atoms with Crippen LogP contribution in [0.5, 0.6) is 0 Å². The standard InChI is InChI=1S/C16H34O/c1-14(2)10-7-5-6-8-12-16(17)13-9-11-15(3)4/h14-17H,5-13H2,1-4H3. The third-order valence-electron chi connectivity index (χ3n) is 3.39. The van der Waals surface area contributed by atoms with Crippen molar-refractivity contribution in [3.8, 4) is 0 Å². The first-order valence-corrected chi connectivity index (χ1v) is 7.70. The zero-order valence-corrected chi connectivity index (χ0v) is 12.5. The van der Waals surface area contributed by atoms with Crippen LogP contribution < -0.4 is 0 Å². The summed E-state index contributed by atoms with van der Waals surface area (Å²) in [6.45, 7) is 9.08. The molecule has 0 aliphatic rings. The van der Waals surface area contributed by atoms with Gasteiger partial charge in [0.1, 0.15) is 0 Å². The number of unbranched alkanes of at least 4 members (excludes halogenated alkanes) is 3. The molecule has 0 aromatic rings. The van der Waals surface area contributed by atoms with E-state index in [1.54, 1.807) is 0 Å². The van der Waals surface area contributed by atoms with Crippen molar-refractivity contribution < 1.29 is 5.11 Å². The Bertz CT molecular complexity index is 152. The molecule has 0 saturated heterocycles. The van der Waals surface area contributed by atoms with Crippen molar-refractivity contribution in [2.45, 2.75) is 91.6 Å². The molecule has 0 radical (unpaired) electrons. The molecule has 0 fully saturated rings. The summed E-state index contributed by atoms with van der Waals surface area (Å²) in [7, 11) is 0. The summed E-state index contributed by atoms with van der Waals surface area (Å²) in [5.74, 6) is 1.62. The van der Waals surface area contributed by atoms with E-state index >= 15 is 0 Å². The SMILES string of the molecule is CC(C)CCCCCCC(O)CCCC(C)C. The quantitative estimate of drug-likeness (QED) is 0.496. The van der Waals surface area contributed by atoms with Crippen LogP contribution in [0, 0.1) is 11.8 Å². The highest BCUT2D eigenvalue weighted by atomic mass is 16.3. The molecule has 104 valence electrons. The van der Waals surface area contributed by atoms with Crippen LogP contribution in [0.15, 0.2) is 0 Å². The Hall–Kier alpha value is -0.0400. The van der Waals surface area contributed by atoms with Gasteiger partial charge in [-0.05, 0) is 24.7 Å². The molecule has 0 saturated carbocycles. The third-order valence-corrected chi connectivity index (χ3v) is 3.39. The summed E-state index contributed by atoms with van der Waals surface area (Å²) in [6, 6.07) is 0. The number of rotatable bonds is 11. The van der Waals surface area contributed by atoms with Gasteiger partial charge >= 0.3 is 0 Å². The Morgan fingerprint density at radius 1 is 0.588 bits per heavy atom. The summed E-state index contributed by atoms with van der Waals surface area (Å²) >= 11 is 0. The highest BCUT2D eigenvalue weighted by Crippen LogP contribution is 2.14. The lowest BCUT2D eigenvalue weighted by molar-refractivity contribution is 0.146. The maximum Gasteiger partial charge on any atom is 0.0540 e. The number of hydrogen-bond donors (Lipinski definition) is 1. The second-order valence-corrected chi connectivity index (χ2v) is 6.36. The molecular weight excluding hydrogens is 208 g/mol. The smallest absolute Gasteiger partial charge is 0.0540 e. The van der Waals surface area contributed by atoms with Gasteiger partial charge in [0.15, 0.2) is 0 Å². The van der Waals surface area contributed by atoms with Crippen LogP contribution in [-0.4, -0.2) is 11.2 Å². The molecule has 1 atom stereocenters. The third kappa shape index (κ3) is 13.9. The fraction of sp³-hybridized carbons (Fsp3) is 1.00. The fourth-order valence-electron chi connectivity index (χ4n) is 2.19. The van der Waals surface area contributed by atoms with Crippen LogP contribution in [0.25, 0.3) is 0 Å². The average molecular weight is 242 g/mol. The van der Waals surface area contributed by atoms with Crippen LogP contribution in [0.3, 0.4) is 0 Å². The van der Waals surface area contributed by atoms with Gasteiger partial charge in [-0.3, -0.25) is 0 Å². The summed E-state index contributed by atoms with van der Waals surface area (Å²) in [4.78, 5) is 0. The summed E-state index contributed by atoms with van der Waals surface area (Å²) in [6.07, 6.45) is 11.0. The van der Waals surface area contributed by atoms with Crippen LogP contribution in [0.1, 0.15) is 85.5 Å². The summed E-state index contributed by atoms with van der Waals surface area (Å²) < 4.78 is 0. The minimum absolute atomic E-state index is 0.0427. The Kier molecular flexibility index (Phi) is 11.0. The first kappa shape index (κ1) is 17.0. The maximum absolute atomic E-state index is 9.81. The van der Waals surface area contributed by atoms with E-state index in [4.69, 9.17) is 0 Å². The molecule has 0 amide bonds. The number of aliphatic hydroxyl groups excluding tert-OH is 1. The van der Waals surface area contributed by atoms with Crippen molar-refractivity contribution in [1.29, 1.82) is 0 Å². The van der Waals surface area contributed by atoms with E-state index < -0.39 is 0 Å². The van der Waals surface area contributed by atoms with Gasteiger partial charge in [-0.25, -0.2) is 0 Å². The molecule has 0 aromatic heterocycles. The van der Waals surface area contributed by atoms with Crippen molar-refractivity contribution in [1.82, 2.24) is 0 Å². The Labute approximate surface area is 109 Å². The first-order chi connectivity index (χ1) is 8.02. The molecule has 0 aromatic carbocycles. The molecule has 0 spiro atoms. The maximum atomic E-state index is 9.81. The fourth-order valence-corrected chi connectivity index (χ4v) is 2.19. The van der Waals surface area contributed by atoms with Crippen LogP contribution >= 0.6 is 0 Å². The van der Waals surface area contributed by atoms with E-state index in [0.717, 1.165) is 24.7 Å². The van der Waals surface area contributed by atoms with Gasteiger partial charge in [0.05, 0.1) is 6.10 Å². The number of aliphatic hydroxyl groups is 1. The van der Waals surface area contributed by atoms with Crippen LogP contribution in [-0.2, 0) is 0 Å². The minimum atomic E-state index is -0.0427. The second kappa shape index (κ2) is 11.1. The normalized spacial score (nSPS) is 13.6. The summed E-state index contributed by atoms with van der Waals surface area (Å²) in [5, 5.41) is 9.81. The summed E-state index contributed by atoms with van der Waals surface area (Å²) in [5.41, 5.74) is 0. The van der Waals surface area contributed by atoms with Crippen molar-refractivity contribution in [2.24, 2.45) is 11.8 Å². The molecule has 0 heterocycles. The van der Waals surface area contributed by atoms with Gasteiger partial charge in [-0.1, -0.05) is 72.6 Å². The van der Waals surface area contributed by atoms with Crippen LogP contribution in [0.4, 0.5) is 0 Å². The lowest BCUT2D eigenvalue weighted by Crippen LogP contribution is -2.06. The number of hydrogen-bond acceptors (Lipinski definition) is 1. The Morgan fingerprint density at radius 3 is 1.53 bits per heavy atom. The van der Waals surface area contributed by atoms with Gasteiger partial charge in [0.2, 0.25) is 0 Å². The second-order valence-electron chi connectivity index (χ2n) is 6.36. The van der Waals surface area contributed by atoms with E-state index in [-0.39, 0.29) is 6.10 Å². The monoisotopic (exact) mass is 242 g/mol. The van der Waals surface area contributed by atoms with E-state index in [1.165, 1.54) is 44.9 Å². The van der Waals surface area contributed by atoms with Crippen molar-refractivity contribution in [3.63, 3.8) is 0 Å². The molecular formula is C16H34O. The highest BCUT2D eigenvalue weighted by Gasteiger charge is 2.04. The van der Waals surface area contributed by atoms with Gasteiger partial charge in [0.25, 0.3) is 0 Å². The minimum Gasteiger partial charge on any atom is -0.393 e. The van der Waals surface area contributed by atoms with E-state index in [2.05, 4.69) is 27.7 Å². The molecule has 1 heteroatoms. The van der Waals surface area contributed by atoms with Gasteiger partial charge in [-0.15, -0.1) is 0 Å². The molecule has 1 N–H and O–H groups in total. The van der Waals surface area contributed by atoms with Gasteiger partial charge in [0, 0.05) is 0 Å². The first-order valence-electron chi connectivity index (χ1n) is 7.70. The zero-order valence-electron chi connectivity index (χ0n) is 12.5. The van der Waals surface area contributed by atoms with Gasteiger partial charge in [-0.2, -0.15) is 0 Å². The van der Waals surface area contributed by atoms with E-state index in [0.29, 0.717) is 0 Å². The van der Waals surface area contributed by atoms with E-state index in [9.17, 15) is 5.11 Å². The Morgan fingerprint density at radius 2 is 1.00 bits per heavy atom. The molecule has 17 heavy (non-hydrogen) atoms. The molecule has 0 bridgehead atoms. The van der Waals surface area contributed by atoms with Crippen LogP contribution in [0.2, 0.25) is 0 Å². The molecule has 1 unspecified atom stereocenters. The van der Waals surface area contributed by atoms with Crippen molar-refractivity contribution in [2.75, 3.05) is 0 Å². The lowest BCUT2D eigenvalue weighted by Gasteiger charge is -2.11. The molecule has 0 aliphatic carbocycles. The predicted octanol–water partition coefficient (Wildman–Crippen LogP) is 5.17. The topological polar surface area (TPSA) is 20.2 Å². The molecule has 1 nitrogen and oxygen atoms in total.